The largest absolute Gasteiger partial charge is 0.495 e. The third kappa shape index (κ3) is 2.59. The Kier molecular flexibility index (Phi) is 3.63. The van der Waals surface area contributed by atoms with Crippen molar-refractivity contribution in [1.29, 1.82) is 0 Å². The monoisotopic (exact) mass is 336 g/mol. The van der Waals surface area contributed by atoms with E-state index in [0.717, 1.165) is 28.0 Å². The van der Waals surface area contributed by atoms with Crippen molar-refractivity contribution in [2.24, 2.45) is 0 Å². The number of ether oxygens (including phenoxy) is 1. The van der Waals surface area contributed by atoms with Gasteiger partial charge in [-0.3, -0.25) is 4.98 Å². The van der Waals surface area contributed by atoms with Gasteiger partial charge in [-0.05, 0) is 35.9 Å². The summed E-state index contributed by atoms with van der Waals surface area (Å²) in [5.41, 5.74) is 4.48. The number of fused-ring (bicyclic) bond motifs is 1. The lowest BCUT2D eigenvalue weighted by Crippen LogP contribution is -1.94. The summed E-state index contributed by atoms with van der Waals surface area (Å²) in [5.74, 6) is 0.692. The molecule has 0 aliphatic heterocycles. The zero-order chi connectivity index (χ0) is 16.5. The fourth-order valence-electron chi connectivity index (χ4n) is 2.63. The Morgan fingerprint density at radius 3 is 2.79 bits per heavy atom. The van der Waals surface area contributed by atoms with Gasteiger partial charge in [-0.1, -0.05) is 23.7 Å². The van der Waals surface area contributed by atoms with E-state index in [1.54, 1.807) is 17.8 Å². The van der Waals surface area contributed by atoms with Crippen molar-refractivity contribution in [1.82, 2.24) is 19.6 Å². The minimum atomic E-state index is 0.670. The van der Waals surface area contributed by atoms with Crippen molar-refractivity contribution in [3.63, 3.8) is 0 Å². The summed E-state index contributed by atoms with van der Waals surface area (Å²) in [4.78, 5) is 8.82. The fourth-order valence-corrected chi connectivity index (χ4v) is 2.82. The molecule has 0 radical (unpaired) electrons. The fraction of sp³-hybridized carbons (Fsp3) is 0.0556. The lowest BCUT2D eigenvalue weighted by atomic mass is 10.00. The first-order chi connectivity index (χ1) is 11.7. The number of aromatic nitrogens is 4. The summed E-state index contributed by atoms with van der Waals surface area (Å²) in [6.45, 7) is 0. The number of halogens is 1. The van der Waals surface area contributed by atoms with Gasteiger partial charge in [-0.2, -0.15) is 5.10 Å². The highest BCUT2D eigenvalue weighted by Crippen LogP contribution is 2.34. The number of methoxy groups -OCH3 is 1. The molecular formula is C18H13ClN4O. The molecule has 0 spiro atoms. The van der Waals surface area contributed by atoms with Gasteiger partial charge < -0.3 is 4.74 Å². The van der Waals surface area contributed by atoms with Crippen molar-refractivity contribution >= 4 is 17.2 Å². The molecule has 4 aromatic rings. The summed E-state index contributed by atoms with van der Waals surface area (Å²) >= 11 is 6.14. The average molecular weight is 337 g/mol. The second-order valence-electron chi connectivity index (χ2n) is 5.26. The third-order valence-corrected chi connectivity index (χ3v) is 4.02. The zero-order valence-corrected chi connectivity index (χ0v) is 13.6. The molecule has 0 aliphatic rings. The van der Waals surface area contributed by atoms with Crippen molar-refractivity contribution in [3.05, 3.63) is 66.2 Å². The van der Waals surface area contributed by atoms with Crippen LogP contribution in [0.5, 0.6) is 5.75 Å². The Hall–Kier alpha value is -2.92. The number of benzene rings is 1. The quantitative estimate of drug-likeness (QED) is 0.564. The highest BCUT2D eigenvalue weighted by molar-refractivity contribution is 6.30. The molecular weight excluding hydrogens is 324 g/mol. The van der Waals surface area contributed by atoms with Crippen LogP contribution < -0.4 is 4.74 Å². The Morgan fingerprint density at radius 1 is 1.04 bits per heavy atom. The zero-order valence-electron chi connectivity index (χ0n) is 12.8. The van der Waals surface area contributed by atoms with Gasteiger partial charge >= 0.3 is 0 Å². The molecule has 0 fully saturated rings. The molecule has 0 saturated carbocycles. The number of hydrogen-bond donors (Lipinski definition) is 0. The highest BCUT2D eigenvalue weighted by Gasteiger charge is 2.12. The van der Waals surface area contributed by atoms with Gasteiger partial charge in [0, 0.05) is 22.3 Å². The minimum absolute atomic E-state index is 0.670. The van der Waals surface area contributed by atoms with Crippen LogP contribution in [0.3, 0.4) is 0 Å². The van der Waals surface area contributed by atoms with E-state index in [-0.39, 0.29) is 0 Å². The normalized spacial score (nSPS) is 10.9. The number of rotatable bonds is 3. The maximum Gasteiger partial charge on any atom is 0.155 e. The Labute approximate surface area is 143 Å². The molecule has 24 heavy (non-hydrogen) atoms. The SMILES string of the molecule is COc1cnc(-c2cccc(Cl)c2)c(-c2ccn3ncnc3c2)c1. The average Bonchev–Trinajstić information content (AvgIpc) is 3.09. The van der Waals surface area contributed by atoms with Crippen LogP contribution in [0.25, 0.3) is 28.0 Å². The third-order valence-electron chi connectivity index (χ3n) is 3.79. The topological polar surface area (TPSA) is 52.3 Å². The van der Waals surface area contributed by atoms with Gasteiger partial charge in [-0.25, -0.2) is 9.50 Å². The first-order valence-electron chi connectivity index (χ1n) is 7.34. The van der Waals surface area contributed by atoms with Crippen molar-refractivity contribution in [2.75, 3.05) is 7.11 Å². The van der Waals surface area contributed by atoms with Gasteiger partial charge in [0.25, 0.3) is 0 Å². The van der Waals surface area contributed by atoms with Crippen LogP contribution in [0, 0.1) is 0 Å². The molecule has 3 heterocycles. The standard InChI is InChI=1S/C18H13ClN4O/c1-24-15-9-16(12-5-6-23-17(8-12)21-11-22-23)18(20-10-15)13-3-2-4-14(19)7-13/h2-11H,1H3. The molecule has 3 aromatic heterocycles. The molecule has 0 bridgehead atoms. The van der Waals surface area contributed by atoms with Crippen LogP contribution in [0.4, 0.5) is 0 Å². The maximum atomic E-state index is 6.14. The Balaban J connectivity index is 1.94. The summed E-state index contributed by atoms with van der Waals surface area (Å²) in [5, 5.41) is 4.80. The summed E-state index contributed by atoms with van der Waals surface area (Å²) < 4.78 is 7.06. The summed E-state index contributed by atoms with van der Waals surface area (Å²) in [6, 6.07) is 13.6. The molecule has 4 rings (SSSR count). The number of hydrogen-bond acceptors (Lipinski definition) is 4. The Morgan fingerprint density at radius 2 is 1.96 bits per heavy atom. The van der Waals surface area contributed by atoms with Crippen molar-refractivity contribution in [2.45, 2.75) is 0 Å². The van der Waals surface area contributed by atoms with Crippen molar-refractivity contribution < 1.29 is 4.74 Å². The second-order valence-corrected chi connectivity index (χ2v) is 5.70. The van der Waals surface area contributed by atoms with E-state index in [1.165, 1.54) is 6.33 Å². The van der Waals surface area contributed by atoms with Crippen LogP contribution >= 0.6 is 11.6 Å². The molecule has 5 nitrogen and oxygen atoms in total. The minimum Gasteiger partial charge on any atom is -0.495 e. The van der Waals surface area contributed by atoms with Crippen LogP contribution in [0.2, 0.25) is 5.02 Å². The number of pyridine rings is 2. The van der Waals surface area contributed by atoms with Gasteiger partial charge in [0.1, 0.15) is 12.1 Å². The predicted molar refractivity (Wildman–Crippen MR) is 93.2 cm³/mol. The predicted octanol–water partition coefficient (Wildman–Crippen LogP) is 4.12. The maximum absolute atomic E-state index is 6.14. The van der Waals surface area contributed by atoms with E-state index in [0.29, 0.717) is 10.8 Å². The van der Waals surface area contributed by atoms with Gasteiger partial charge in [-0.15, -0.1) is 0 Å². The molecule has 0 N–H and O–H groups in total. The van der Waals surface area contributed by atoms with E-state index >= 15 is 0 Å². The van der Waals surface area contributed by atoms with E-state index in [2.05, 4.69) is 15.1 Å². The lowest BCUT2D eigenvalue weighted by molar-refractivity contribution is 0.413. The first kappa shape index (κ1) is 14.7. The first-order valence-corrected chi connectivity index (χ1v) is 7.72. The molecule has 0 aliphatic carbocycles. The van der Waals surface area contributed by atoms with Gasteiger partial charge in [0.2, 0.25) is 0 Å². The van der Waals surface area contributed by atoms with Gasteiger partial charge in [0.05, 0.1) is 19.0 Å². The smallest absolute Gasteiger partial charge is 0.155 e. The molecule has 6 heteroatoms. The van der Waals surface area contributed by atoms with Crippen LogP contribution in [0.15, 0.2) is 61.2 Å². The molecule has 0 unspecified atom stereocenters. The molecule has 118 valence electrons. The van der Waals surface area contributed by atoms with Crippen LogP contribution in [-0.2, 0) is 0 Å². The highest BCUT2D eigenvalue weighted by atomic mass is 35.5. The molecule has 1 aromatic carbocycles. The molecule has 0 atom stereocenters. The summed E-state index contributed by atoms with van der Waals surface area (Å²) in [6.07, 6.45) is 5.11. The lowest BCUT2D eigenvalue weighted by Gasteiger charge is -2.11. The van der Waals surface area contributed by atoms with E-state index in [4.69, 9.17) is 16.3 Å². The molecule has 0 amide bonds. The second kappa shape index (κ2) is 5.94. The van der Waals surface area contributed by atoms with E-state index < -0.39 is 0 Å². The number of nitrogens with zero attached hydrogens (tertiary/aromatic N) is 4. The summed E-state index contributed by atoms with van der Waals surface area (Å²) in [7, 11) is 1.63. The van der Waals surface area contributed by atoms with Gasteiger partial charge in [0.15, 0.2) is 5.65 Å². The van der Waals surface area contributed by atoms with E-state index in [9.17, 15) is 0 Å². The Bertz CT molecular complexity index is 1030. The molecule has 0 saturated heterocycles. The van der Waals surface area contributed by atoms with Crippen molar-refractivity contribution in [3.8, 4) is 28.1 Å². The van der Waals surface area contributed by atoms with Crippen LogP contribution in [-0.4, -0.2) is 26.7 Å². The van der Waals surface area contributed by atoms with E-state index in [1.807, 2.05) is 48.7 Å². The van der Waals surface area contributed by atoms with Crippen LogP contribution in [0.1, 0.15) is 0 Å².